The first-order chi connectivity index (χ1) is 7.25. The quantitative estimate of drug-likeness (QED) is 0.675. The minimum absolute atomic E-state index is 0.204. The number of hydrogen-bond acceptors (Lipinski definition) is 1. The molecule has 0 unspecified atom stereocenters. The van der Waals surface area contributed by atoms with Crippen LogP contribution < -0.4 is 0 Å². The molecule has 5 aliphatic carbocycles. The number of ketones is 1. The summed E-state index contributed by atoms with van der Waals surface area (Å²) in [6, 6.07) is 0. The normalized spacial score (nSPS) is 52.1. The van der Waals surface area contributed by atoms with E-state index in [9.17, 15) is 4.79 Å². The molecule has 1 nitrogen and oxygen atoms in total. The van der Waals surface area contributed by atoms with Gasteiger partial charge in [-0.3, -0.25) is 4.79 Å². The molecule has 5 rings (SSSR count). The van der Waals surface area contributed by atoms with Crippen LogP contribution in [0, 0.1) is 29.1 Å². The molecule has 0 saturated heterocycles. The van der Waals surface area contributed by atoms with Gasteiger partial charge in [0.25, 0.3) is 0 Å². The molecule has 0 aromatic heterocycles. The van der Waals surface area contributed by atoms with Crippen molar-refractivity contribution in [3.8, 4) is 0 Å². The highest BCUT2D eigenvalue weighted by atomic mass is 16.1. The molecule has 0 spiro atoms. The Morgan fingerprint density at radius 3 is 1.73 bits per heavy atom. The van der Waals surface area contributed by atoms with E-state index in [1.807, 2.05) is 0 Å². The number of carbonyl (C=O) groups is 1. The topological polar surface area (TPSA) is 17.1 Å². The first-order valence-corrected chi connectivity index (χ1v) is 6.79. The summed E-state index contributed by atoms with van der Waals surface area (Å²) < 4.78 is 0. The monoisotopic (exact) mass is 204 g/mol. The third kappa shape index (κ3) is 1.18. The fraction of sp³-hybridized carbons (Fsp3) is 0.929. The zero-order valence-electron chi connectivity index (χ0n) is 9.37. The number of Topliss-reactive ketones (excluding diaryl/α,β-unsaturated/α-hetero) is 1. The Bertz CT molecular complexity index is 278. The summed E-state index contributed by atoms with van der Waals surface area (Å²) in [6.07, 6.45) is 10.6. The average molecular weight is 204 g/mol. The van der Waals surface area contributed by atoms with Gasteiger partial charge in [0, 0.05) is 11.3 Å². The summed E-state index contributed by atoms with van der Waals surface area (Å²) in [7, 11) is 0. The zero-order chi connectivity index (χ0) is 10.0. The second kappa shape index (κ2) is 2.67. The first-order valence-electron chi connectivity index (χ1n) is 6.79. The van der Waals surface area contributed by atoms with E-state index in [1.54, 1.807) is 0 Å². The maximum absolute atomic E-state index is 12.5. The molecule has 5 saturated carbocycles. The fourth-order valence-electron chi connectivity index (χ4n) is 5.19. The van der Waals surface area contributed by atoms with Crippen molar-refractivity contribution in [2.75, 3.05) is 0 Å². The largest absolute Gasteiger partial charge is 0.299 e. The molecule has 0 heterocycles. The molecule has 15 heavy (non-hydrogen) atoms. The van der Waals surface area contributed by atoms with Gasteiger partial charge >= 0.3 is 0 Å². The van der Waals surface area contributed by atoms with Gasteiger partial charge in [0.2, 0.25) is 0 Å². The maximum Gasteiger partial charge on any atom is 0.142 e. The Labute approximate surface area is 91.6 Å². The van der Waals surface area contributed by atoms with Crippen molar-refractivity contribution in [2.24, 2.45) is 29.1 Å². The standard InChI is InChI=1S/C14H20O/c15-13(12-1-2-12)14-6-9-3-10(7-14)5-11(4-9)8-14/h9-12H,1-8H2. The molecule has 5 aliphatic rings. The van der Waals surface area contributed by atoms with Crippen molar-refractivity contribution in [3.63, 3.8) is 0 Å². The van der Waals surface area contributed by atoms with Crippen molar-refractivity contribution in [3.05, 3.63) is 0 Å². The van der Waals surface area contributed by atoms with Gasteiger partial charge in [-0.05, 0) is 69.1 Å². The van der Waals surface area contributed by atoms with Crippen LogP contribution in [0.2, 0.25) is 0 Å². The highest BCUT2D eigenvalue weighted by Crippen LogP contribution is 2.62. The molecule has 0 amide bonds. The Balaban J connectivity index is 1.67. The molecule has 5 fully saturated rings. The van der Waals surface area contributed by atoms with E-state index in [0.29, 0.717) is 11.7 Å². The Kier molecular flexibility index (Phi) is 1.56. The van der Waals surface area contributed by atoms with E-state index in [-0.39, 0.29) is 5.41 Å². The van der Waals surface area contributed by atoms with Gasteiger partial charge < -0.3 is 0 Å². The van der Waals surface area contributed by atoms with Gasteiger partial charge in [0.05, 0.1) is 0 Å². The van der Waals surface area contributed by atoms with Crippen molar-refractivity contribution < 1.29 is 4.79 Å². The van der Waals surface area contributed by atoms with Gasteiger partial charge in [-0.1, -0.05) is 0 Å². The predicted molar refractivity (Wildman–Crippen MR) is 58.3 cm³/mol. The molecule has 0 aromatic rings. The van der Waals surface area contributed by atoms with Crippen molar-refractivity contribution in [1.82, 2.24) is 0 Å². The fourth-order valence-corrected chi connectivity index (χ4v) is 5.19. The molecule has 0 aliphatic heterocycles. The highest BCUT2D eigenvalue weighted by Gasteiger charge is 2.56. The number of rotatable bonds is 2. The van der Waals surface area contributed by atoms with Crippen molar-refractivity contribution in [2.45, 2.75) is 51.4 Å². The molecule has 82 valence electrons. The van der Waals surface area contributed by atoms with Crippen molar-refractivity contribution >= 4 is 5.78 Å². The van der Waals surface area contributed by atoms with Gasteiger partial charge in [-0.15, -0.1) is 0 Å². The average Bonchev–Trinajstić information content (AvgIpc) is 2.97. The summed E-state index contributed by atoms with van der Waals surface area (Å²) in [5.74, 6) is 3.99. The van der Waals surface area contributed by atoms with Crippen LogP contribution >= 0.6 is 0 Å². The smallest absolute Gasteiger partial charge is 0.142 e. The van der Waals surface area contributed by atoms with Gasteiger partial charge in [0.15, 0.2) is 0 Å². The lowest BCUT2D eigenvalue weighted by atomic mass is 9.48. The Morgan fingerprint density at radius 1 is 0.867 bits per heavy atom. The molecular formula is C14H20O. The molecule has 0 N–H and O–H groups in total. The SMILES string of the molecule is O=C(C1CC1)C12CC3CC(CC(C3)C1)C2. The highest BCUT2D eigenvalue weighted by molar-refractivity contribution is 5.89. The van der Waals surface area contributed by atoms with Crippen LogP contribution in [-0.4, -0.2) is 5.78 Å². The van der Waals surface area contributed by atoms with Crippen LogP contribution in [0.1, 0.15) is 51.4 Å². The van der Waals surface area contributed by atoms with Crippen LogP contribution in [0.4, 0.5) is 0 Å². The lowest BCUT2D eigenvalue weighted by molar-refractivity contribution is -0.145. The summed E-state index contributed by atoms with van der Waals surface area (Å²) >= 11 is 0. The Morgan fingerprint density at radius 2 is 1.33 bits per heavy atom. The summed E-state index contributed by atoms with van der Waals surface area (Å²) in [4.78, 5) is 12.5. The minimum Gasteiger partial charge on any atom is -0.299 e. The molecule has 1 heteroatoms. The summed E-state index contributed by atoms with van der Waals surface area (Å²) in [6.45, 7) is 0. The lowest BCUT2D eigenvalue weighted by Gasteiger charge is -2.56. The first kappa shape index (κ1) is 8.78. The van der Waals surface area contributed by atoms with Crippen LogP contribution in [0.25, 0.3) is 0 Å². The van der Waals surface area contributed by atoms with E-state index < -0.39 is 0 Å². The minimum atomic E-state index is 0.204. The van der Waals surface area contributed by atoms with Crippen LogP contribution in [0.3, 0.4) is 0 Å². The molecular weight excluding hydrogens is 184 g/mol. The summed E-state index contributed by atoms with van der Waals surface area (Å²) in [5, 5.41) is 0. The second-order valence-corrected chi connectivity index (χ2v) is 6.84. The van der Waals surface area contributed by atoms with E-state index >= 15 is 0 Å². The number of hydrogen-bond donors (Lipinski definition) is 0. The molecule has 0 atom stereocenters. The third-order valence-electron chi connectivity index (χ3n) is 5.51. The van der Waals surface area contributed by atoms with Crippen LogP contribution in [-0.2, 0) is 4.79 Å². The van der Waals surface area contributed by atoms with Gasteiger partial charge in [-0.25, -0.2) is 0 Å². The predicted octanol–water partition coefficient (Wildman–Crippen LogP) is 3.18. The van der Waals surface area contributed by atoms with E-state index in [1.165, 1.54) is 51.4 Å². The second-order valence-electron chi connectivity index (χ2n) is 6.84. The molecule has 4 bridgehead atoms. The third-order valence-corrected chi connectivity index (χ3v) is 5.51. The Hall–Kier alpha value is -0.330. The van der Waals surface area contributed by atoms with E-state index in [2.05, 4.69) is 0 Å². The lowest BCUT2D eigenvalue weighted by Crippen LogP contribution is -2.50. The van der Waals surface area contributed by atoms with Crippen LogP contribution in [0.5, 0.6) is 0 Å². The van der Waals surface area contributed by atoms with E-state index in [4.69, 9.17) is 0 Å². The van der Waals surface area contributed by atoms with E-state index in [0.717, 1.165) is 17.8 Å². The van der Waals surface area contributed by atoms with Gasteiger partial charge in [-0.2, -0.15) is 0 Å². The van der Waals surface area contributed by atoms with Crippen LogP contribution in [0.15, 0.2) is 0 Å². The maximum atomic E-state index is 12.5. The summed E-state index contributed by atoms with van der Waals surface area (Å²) in [5.41, 5.74) is 0.204. The van der Waals surface area contributed by atoms with Crippen molar-refractivity contribution in [1.29, 1.82) is 0 Å². The molecule has 0 radical (unpaired) electrons. The zero-order valence-corrected chi connectivity index (χ0v) is 9.37. The molecule has 0 aromatic carbocycles. The van der Waals surface area contributed by atoms with Gasteiger partial charge in [0.1, 0.15) is 5.78 Å². The number of carbonyl (C=O) groups excluding carboxylic acids is 1.